The van der Waals surface area contributed by atoms with E-state index in [9.17, 15) is 14.9 Å². The van der Waals surface area contributed by atoms with Crippen molar-refractivity contribution in [1.29, 1.82) is 5.26 Å². The molecule has 1 unspecified atom stereocenters. The fraction of sp³-hybridized carbons (Fsp3) is 0.364. The summed E-state index contributed by atoms with van der Waals surface area (Å²) in [5.74, 6) is -1.41. The molecular weight excluding hydrogens is 252 g/mol. The third-order valence-electron chi connectivity index (χ3n) is 2.56. The summed E-state index contributed by atoms with van der Waals surface area (Å²) in [4.78, 5) is 24.5. The van der Waals surface area contributed by atoms with Gasteiger partial charge in [0.1, 0.15) is 23.6 Å². The number of rotatable bonds is 6. The largest absolute Gasteiger partial charge is 0.481 e. The first-order valence-electron chi connectivity index (χ1n) is 5.50. The van der Waals surface area contributed by atoms with Crippen LogP contribution in [-0.2, 0) is 4.79 Å². The van der Waals surface area contributed by atoms with Crippen molar-refractivity contribution in [1.82, 2.24) is 4.98 Å². The van der Waals surface area contributed by atoms with Gasteiger partial charge >= 0.3 is 5.97 Å². The zero-order chi connectivity index (χ0) is 14.4. The van der Waals surface area contributed by atoms with E-state index in [1.165, 1.54) is 0 Å². The first-order chi connectivity index (χ1) is 8.99. The number of nitriles is 1. The SMILES string of the molecule is CCC(CNc1ncc([N+](=O)[O-])cc1C#N)C(=O)O. The van der Waals surface area contributed by atoms with Crippen molar-refractivity contribution >= 4 is 17.5 Å². The number of nitro groups is 1. The standard InChI is InChI=1S/C11H12N4O4/c1-2-7(11(16)17)5-13-10-8(4-12)3-9(6-14-10)15(18)19/h3,6-7H,2,5H2,1H3,(H,13,14)(H,16,17). The van der Waals surface area contributed by atoms with E-state index in [0.717, 1.165) is 12.3 Å². The molecule has 0 spiro atoms. The number of aliphatic carboxylic acids is 1. The van der Waals surface area contributed by atoms with Crippen molar-refractivity contribution in [2.24, 2.45) is 5.92 Å². The van der Waals surface area contributed by atoms with Gasteiger partial charge in [0.05, 0.1) is 10.8 Å². The smallest absolute Gasteiger partial charge is 0.308 e. The van der Waals surface area contributed by atoms with Crippen LogP contribution in [0.2, 0.25) is 0 Å². The van der Waals surface area contributed by atoms with Crippen molar-refractivity contribution in [3.63, 3.8) is 0 Å². The summed E-state index contributed by atoms with van der Waals surface area (Å²) in [7, 11) is 0. The normalized spacial score (nSPS) is 11.4. The minimum atomic E-state index is -0.949. The van der Waals surface area contributed by atoms with Gasteiger partial charge in [-0.25, -0.2) is 4.98 Å². The van der Waals surface area contributed by atoms with Gasteiger partial charge < -0.3 is 10.4 Å². The maximum Gasteiger partial charge on any atom is 0.308 e. The lowest BCUT2D eigenvalue weighted by Crippen LogP contribution is -2.22. The highest BCUT2D eigenvalue weighted by Crippen LogP contribution is 2.18. The molecule has 0 aliphatic rings. The monoisotopic (exact) mass is 264 g/mol. The maximum atomic E-state index is 10.8. The molecule has 8 heteroatoms. The molecule has 0 aromatic carbocycles. The fourth-order valence-electron chi connectivity index (χ4n) is 1.41. The Hall–Kier alpha value is -2.69. The number of nitrogens with one attached hydrogen (secondary N) is 1. The third-order valence-corrected chi connectivity index (χ3v) is 2.56. The summed E-state index contributed by atoms with van der Waals surface area (Å²) in [6.07, 6.45) is 1.45. The number of anilines is 1. The average Bonchev–Trinajstić information content (AvgIpc) is 2.38. The van der Waals surface area contributed by atoms with E-state index in [-0.39, 0.29) is 23.6 Å². The lowest BCUT2D eigenvalue weighted by atomic mass is 10.1. The molecule has 0 radical (unpaired) electrons. The second-order valence-electron chi connectivity index (χ2n) is 3.78. The molecule has 2 N–H and O–H groups in total. The zero-order valence-electron chi connectivity index (χ0n) is 10.2. The van der Waals surface area contributed by atoms with E-state index in [4.69, 9.17) is 10.4 Å². The first kappa shape index (κ1) is 14.4. The molecule has 1 aromatic heterocycles. The quantitative estimate of drug-likeness (QED) is 0.586. The zero-order valence-corrected chi connectivity index (χ0v) is 10.2. The molecule has 1 aromatic rings. The minimum Gasteiger partial charge on any atom is -0.481 e. The van der Waals surface area contributed by atoms with E-state index in [1.807, 2.05) is 0 Å². The van der Waals surface area contributed by atoms with E-state index in [0.29, 0.717) is 6.42 Å². The number of nitrogens with zero attached hydrogens (tertiary/aromatic N) is 3. The van der Waals surface area contributed by atoms with Crippen LogP contribution in [-0.4, -0.2) is 27.5 Å². The molecule has 19 heavy (non-hydrogen) atoms. The molecule has 0 amide bonds. The molecule has 0 saturated heterocycles. The van der Waals surface area contributed by atoms with Gasteiger partial charge in [0.25, 0.3) is 5.69 Å². The number of hydrogen-bond acceptors (Lipinski definition) is 6. The minimum absolute atomic E-state index is 0.00874. The summed E-state index contributed by atoms with van der Waals surface area (Å²) < 4.78 is 0. The molecule has 0 bridgehead atoms. The van der Waals surface area contributed by atoms with Gasteiger partial charge in [-0.2, -0.15) is 5.26 Å². The molecule has 100 valence electrons. The van der Waals surface area contributed by atoms with Crippen LogP contribution in [0.1, 0.15) is 18.9 Å². The van der Waals surface area contributed by atoms with Crippen molar-refractivity contribution in [2.75, 3.05) is 11.9 Å². The maximum absolute atomic E-state index is 10.8. The summed E-state index contributed by atoms with van der Waals surface area (Å²) >= 11 is 0. The van der Waals surface area contributed by atoms with Crippen molar-refractivity contribution in [3.8, 4) is 6.07 Å². The van der Waals surface area contributed by atoms with Gasteiger partial charge in [-0.1, -0.05) is 6.92 Å². The predicted molar refractivity (Wildman–Crippen MR) is 65.5 cm³/mol. The molecule has 0 aliphatic heterocycles. The number of carbonyl (C=O) groups is 1. The van der Waals surface area contributed by atoms with Crippen molar-refractivity contribution in [3.05, 3.63) is 27.9 Å². The van der Waals surface area contributed by atoms with Gasteiger partial charge in [-0.3, -0.25) is 14.9 Å². The fourth-order valence-corrected chi connectivity index (χ4v) is 1.41. The second-order valence-corrected chi connectivity index (χ2v) is 3.78. The van der Waals surface area contributed by atoms with Crippen molar-refractivity contribution in [2.45, 2.75) is 13.3 Å². The van der Waals surface area contributed by atoms with Gasteiger partial charge in [0.2, 0.25) is 0 Å². The Bertz CT molecular complexity index is 538. The second kappa shape index (κ2) is 6.30. The number of aromatic nitrogens is 1. The Kier molecular flexibility index (Phi) is 4.76. The Balaban J connectivity index is 2.87. The number of carboxylic acids is 1. The van der Waals surface area contributed by atoms with Gasteiger partial charge in [-0.05, 0) is 6.42 Å². The van der Waals surface area contributed by atoms with Crippen molar-refractivity contribution < 1.29 is 14.8 Å². The molecule has 0 saturated carbocycles. The highest BCUT2D eigenvalue weighted by Gasteiger charge is 2.17. The van der Waals surface area contributed by atoms with E-state index in [1.54, 1.807) is 13.0 Å². The molecule has 0 fully saturated rings. The summed E-state index contributed by atoms with van der Waals surface area (Å²) in [5.41, 5.74) is -0.276. The Labute approximate surface area is 108 Å². The molecule has 1 heterocycles. The number of hydrogen-bond donors (Lipinski definition) is 2. The van der Waals surface area contributed by atoms with Crippen LogP contribution < -0.4 is 5.32 Å². The summed E-state index contributed by atoms with van der Waals surface area (Å²) in [6.45, 7) is 1.83. The summed E-state index contributed by atoms with van der Waals surface area (Å²) in [6, 6.07) is 2.88. The van der Waals surface area contributed by atoms with Gasteiger partial charge in [0, 0.05) is 12.6 Å². The molecular formula is C11H12N4O4. The average molecular weight is 264 g/mol. The van der Waals surface area contributed by atoms with Crippen LogP contribution in [0, 0.1) is 27.4 Å². The molecule has 1 atom stereocenters. The molecule has 0 aliphatic carbocycles. The topological polar surface area (TPSA) is 129 Å². The van der Waals surface area contributed by atoms with Crippen LogP contribution in [0.4, 0.5) is 11.5 Å². The highest BCUT2D eigenvalue weighted by molar-refractivity contribution is 5.71. The highest BCUT2D eigenvalue weighted by atomic mass is 16.6. The predicted octanol–water partition coefficient (Wildman–Crippen LogP) is 1.38. The lowest BCUT2D eigenvalue weighted by Gasteiger charge is -2.12. The van der Waals surface area contributed by atoms with Crippen LogP contribution in [0.5, 0.6) is 0 Å². The van der Waals surface area contributed by atoms with Crippen LogP contribution in [0.3, 0.4) is 0 Å². The Morgan fingerprint density at radius 1 is 1.74 bits per heavy atom. The molecule has 8 nitrogen and oxygen atoms in total. The van der Waals surface area contributed by atoms with Gasteiger partial charge in [0.15, 0.2) is 0 Å². The van der Waals surface area contributed by atoms with Crippen LogP contribution in [0.25, 0.3) is 0 Å². The third kappa shape index (κ3) is 3.64. The molecule has 1 rings (SSSR count). The Morgan fingerprint density at radius 3 is 2.89 bits per heavy atom. The number of carboxylic acid groups (broad SMARTS) is 1. The summed E-state index contributed by atoms with van der Waals surface area (Å²) in [5, 5.41) is 31.0. The van der Waals surface area contributed by atoms with E-state index >= 15 is 0 Å². The first-order valence-corrected chi connectivity index (χ1v) is 5.50. The number of pyridine rings is 1. The van der Waals surface area contributed by atoms with Gasteiger partial charge in [-0.15, -0.1) is 0 Å². The van der Waals surface area contributed by atoms with E-state index in [2.05, 4.69) is 10.3 Å². The lowest BCUT2D eigenvalue weighted by molar-refractivity contribution is -0.385. The van der Waals surface area contributed by atoms with Crippen LogP contribution in [0.15, 0.2) is 12.3 Å². The van der Waals surface area contributed by atoms with E-state index < -0.39 is 16.8 Å². The van der Waals surface area contributed by atoms with Crippen LogP contribution >= 0.6 is 0 Å². The Morgan fingerprint density at radius 2 is 2.42 bits per heavy atom.